The second kappa shape index (κ2) is 9.97. The van der Waals surface area contributed by atoms with Gasteiger partial charge in [-0.25, -0.2) is 0 Å². The Bertz CT molecular complexity index is 1350. The van der Waals surface area contributed by atoms with Gasteiger partial charge in [0.1, 0.15) is 11.4 Å². The summed E-state index contributed by atoms with van der Waals surface area (Å²) in [6, 6.07) is 20.5. The Balaban J connectivity index is 1.74. The maximum absolute atomic E-state index is 11.8. The summed E-state index contributed by atoms with van der Waals surface area (Å²) in [6.07, 6.45) is 3.63. The summed E-state index contributed by atoms with van der Waals surface area (Å²) in [4.78, 5) is 26.1. The second-order valence-electron chi connectivity index (χ2n) is 7.35. The van der Waals surface area contributed by atoms with Gasteiger partial charge in [0, 0.05) is 16.9 Å². The van der Waals surface area contributed by atoms with E-state index < -0.39 is 21.2 Å². The summed E-state index contributed by atoms with van der Waals surface area (Å²) in [7, 11) is 0. The van der Waals surface area contributed by atoms with Gasteiger partial charge in [-0.05, 0) is 53.9 Å². The second-order valence-corrected chi connectivity index (χ2v) is 7.79. The highest BCUT2D eigenvalue weighted by atomic mass is 35.5. The topological polar surface area (TPSA) is 123 Å². The highest BCUT2D eigenvalue weighted by Crippen LogP contribution is 2.39. The number of pyridine rings is 1. The minimum atomic E-state index is -0.663. The predicted molar refractivity (Wildman–Crippen MR) is 131 cm³/mol. The zero-order valence-electron chi connectivity index (χ0n) is 17.6. The molecule has 1 heterocycles. The van der Waals surface area contributed by atoms with E-state index in [0.29, 0.717) is 22.8 Å². The monoisotopic (exact) mass is 475 g/mol. The van der Waals surface area contributed by atoms with Crippen LogP contribution in [0, 0.1) is 20.2 Å². The molecule has 0 amide bonds. The van der Waals surface area contributed by atoms with Crippen molar-refractivity contribution in [2.45, 2.75) is 6.42 Å². The van der Waals surface area contributed by atoms with Crippen LogP contribution in [0.5, 0.6) is 0 Å². The van der Waals surface area contributed by atoms with E-state index in [1.807, 2.05) is 24.3 Å². The Morgan fingerprint density at radius 2 is 1.47 bits per heavy atom. The van der Waals surface area contributed by atoms with Crippen molar-refractivity contribution in [3.63, 3.8) is 0 Å². The van der Waals surface area contributed by atoms with Crippen LogP contribution in [-0.2, 0) is 6.42 Å². The zero-order chi connectivity index (χ0) is 24.1. The molecule has 0 unspecified atom stereocenters. The summed E-state index contributed by atoms with van der Waals surface area (Å²) in [5.74, 6) is 0. The standard InChI is InChI=1S/C24H18ClN5O4/c25-18-9-7-16(8-10-18)12-17-4-1-2-6-20(17)28-22-13-21(27-19-5-3-11-26-15-19)23(29(31)32)14-24(22)30(33)34/h1-11,13-15,27-28H,12H2. The Morgan fingerprint density at radius 1 is 0.794 bits per heavy atom. The van der Waals surface area contributed by atoms with Crippen molar-refractivity contribution >= 4 is 45.7 Å². The Kier molecular flexibility index (Phi) is 6.65. The molecule has 3 aromatic carbocycles. The number of nitrogens with zero attached hydrogens (tertiary/aromatic N) is 3. The van der Waals surface area contributed by atoms with Gasteiger partial charge in [-0.3, -0.25) is 25.2 Å². The van der Waals surface area contributed by atoms with Crippen molar-refractivity contribution in [3.05, 3.63) is 122 Å². The van der Waals surface area contributed by atoms with E-state index in [2.05, 4.69) is 15.6 Å². The molecule has 10 heteroatoms. The number of rotatable bonds is 8. The lowest BCUT2D eigenvalue weighted by molar-refractivity contribution is -0.393. The number of hydrogen-bond donors (Lipinski definition) is 2. The van der Waals surface area contributed by atoms with Crippen molar-refractivity contribution in [3.8, 4) is 0 Å². The number of nitro groups is 2. The van der Waals surface area contributed by atoms with Gasteiger partial charge < -0.3 is 10.6 Å². The lowest BCUT2D eigenvalue weighted by Gasteiger charge is -2.14. The molecule has 0 fully saturated rings. The van der Waals surface area contributed by atoms with E-state index >= 15 is 0 Å². The average molecular weight is 476 g/mol. The molecule has 0 aliphatic rings. The molecule has 0 saturated heterocycles. The maximum Gasteiger partial charge on any atom is 0.299 e. The first-order valence-corrected chi connectivity index (χ1v) is 10.5. The molecule has 0 aliphatic heterocycles. The van der Waals surface area contributed by atoms with Gasteiger partial charge >= 0.3 is 0 Å². The van der Waals surface area contributed by atoms with Crippen LogP contribution in [0.1, 0.15) is 11.1 Å². The highest BCUT2D eigenvalue weighted by molar-refractivity contribution is 6.30. The Morgan fingerprint density at radius 3 is 2.12 bits per heavy atom. The third-order valence-corrected chi connectivity index (χ3v) is 5.29. The molecular formula is C24H18ClN5O4. The maximum atomic E-state index is 11.8. The van der Waals surface area contributed by atoms with E-state index in [-0.39, 0.29) is 11.4 Å². The third-order valence-electron chi connectivity index (χ3n) is 5.04. The molecule has 1 aromatic heterocycles. The number of aromatic nitrogens is 1. The molecule has 34 heavy (non-hydrogen) atoms. The fourth-order valence-electron chi connectivity index (χ4n) is 3.44. The smallest absolute Gasteiger partial charge is 0.299 e. The summed E-state index contributed by atoms with van der Waals surface area (Å²) in [6.45, 7) is 0. The number of halogens is 1. The van der Waals surface area contributed by atoms with Crippen molar-refractivity contribution < 1.29 is 9.85 Å². The van der Waals surface area contributed by atoms with Crippen LogP contribution in [-0.4, -0.2) is 14.8 Å². The number of hydrogen-bond acceptors (Lipinski definition) is 7. The number of benzene rings is 3. The Labute approximate surface area is 199 Å². The lowest BCUT2D eigenvalue weighted by atomic mass is 10.0. The number of nitrogens with one attached hydrogen (secondary N) is 2. The Hall–Kier alpha value is -4.50. The fourth-order valence-corrected chi connectivity index (χ4v) is 3.56. The van der Waals surface area contributed by atoms with Gasteiger partial charge in [0.2, 0.25) is 0 Å². The summed E-state index contributed by atoms with van der Waals surface area (Å²) < 4.78 is 0. The number of para-hydroxylation sites is 1. The van der Waals surface area contributed by atoms with Crippen LogP contribution in [0.25, 0.3) is 0 Å². The van der Waals surface area contributed by atoms with Crippen molar-refractivity contribution in [1.82, 2.24) is 4.98 Å². The molecule has 0 aliphatic carbocycles. The van der Waals surface area contributed by atoms with E-state index in [4.69, 9.17) is 11.6 Å². The third kappa shape index (κ3) is 5.28. The van der Waals surface area contributed by atoms with Crippen LogP contribution in [0.15, 0.2) is 85.2 Å². The van der Waals surface area contributed by atoms with Crippen molar-refractivity contribution in [2.24, 2.45) is 0 Å². The number of anilines is 4. The largest absolute Gasteiger partial charge is 0.350 e. The van der Waals surface area contributed by atoms with Gasteiger partial charge in [-0.1, -0.05) is 41.9 Å². The van der Waals surface area contributed by atoms with Gasteiger partial charge in [-0.15, -0.1) is 0 Å². The molecule has 0 saturated carbocycles. The quantitative estimate of drug-likeness (QED) is 0.216. The van der Waals surface area contributed by atoms with Gasteiger partial charge in [-0.2, -0.15) is 0 Å². The number of nitro benzene ring substituents is 2. The van der Waals surface area contributed by atoms with Crippen LogP contribution in [0.3, 0.4) is 0 Å². The summed E-state index contributed by atoms with van der Waals surface area (Å²) >= 11 is 5.97. The van der Waals surface area contributed by atoms with Crippen molar-refractivity contribution in [1.29, 1.82) is 0 Å². The van der Waals surface area contributed by atoms with Crippen LogP contribution >= 0.6 is 11.6 Å². The summed E-state index contributed by atoms with van der Waals surface area (Å²) in [5.41, 5.74) is 2.43. The molecular weight excluding hydrogens is 458 g/mol. The average Bonchev–Trinajstić information content (AvgIpc) is 2.82. The molecule has 9 nitrogen and oxygen atoms in total. The first-order valence-electron chi connectivity index (χ1n) is 10.1. The van der Waals surface area contributed by atoms with Crippen LogP contribution in [0.2, 0.25) is 5.02 Å². The molecule has 0 bridgehead atoms. The SMILES string of the molecule is O=[N+]([O-])c1cc([N+](=O)[O-])c(Nc2ccccc2Cc2ccc(Cl)cc2)cc1Nc1cccnc1. The van der Waals surface area contributed by atoms with E-state index in [9.17, 15) is 20.2 Å². The van der Waals surface area contributed by atoms with Gasteiger partial charge in [0.25, 0.3) is 11.4 Å². The predicted octanol–water partition coefficient (Wildman–Crippen LogP) is 6.63. The first kappa shape index (κ1) is 22.7. The molecule has 2 N–H and O–H groups in total. The first-order chi connectivity index (χ1) is 16.4. The van der Waals surface area contributed by atoms with Crippen LogP contribution in [0.4, 0.5) is 34.1 Å². The normalized spacial score (nSPS) is 10.5. The van der Waals surface area contributed by atoms with Gasteiger partial charge in [0.15, 0.2) is 0 Å². The molecule has 170 valence electrons. The zero-order valence-corrected chi connectivity index (χ0v) is 18.4. The van der Waals surface area contributed by atoms with Gasteiger partial charge in [0.05, 0.1) is 27.8 Å². The molecule has 4 aromatic rings. The highest BCUT2D eigenvalue weighted by Gasteiger charge is 2.25. The van der Waals surface area contributed by atoms with E-state index in [1.165, 1.54) is 12.3 Å². The van der Waals surface area contributed by atoms with E-state index in [0.717, 1.165) is 17.2 Å². The fraction of sp³-hybridized carbons (Fsp3) is 0.0417. The molecule has 0 atom stereocenters. The van der Waals surface area contributed by atoms with Crippen LogP contribution < -0.4 is 10.6 Å². The minimum Gasteiger partial charge on any atom is -0.350 e. The minimum absolute atomic E-state index is 0.0984. The lowest BCUT2D eigenvalue weighted by Crippen LogP contribution is -2.04. The molecule has 4 rings (SSSR count). The summed E-state index contributed by atoms with van der Waals surface area (Å²) in [5, 5.41) is 30.1. The van der Waals surface area contributed by atoms with Crippen molar-refractivity contribution in [2.75, 3.05) is 10.6 Å². The van der Waals surface area contributed by atoms with E-state index in [1.54, 1.807) is 42.6 Å². The molecule has 0 radical (unpaired) electrons. The molecule has 0 spiro atoms.